The smallest absolute Gasteiger partial charge is 0.0829 e. The Morgan fingerprint density at radius 3 is 1.12 bits per heavy atom. The van der Waals surface area contributed by atoms with E-state index in [0.29, 0.717) is 0 Å². The summed E-state index contributed by atoms with van der Waals surface area (Å²) in [6, 6.07) is 0. The van der Waals surface area contributed by atoms with Crippen LogP contribution in [0.1, 0.15) is 40.5 Å². The zero-order chi connectivity index (χ0) is 14.1. The Kier molecular flexibility index (Phi) is 7.12. The Balaban J connectivity index is 5.94. The lowest BCUT2D eigenvalue weighted by Gasteiger charge is -2.52. The maximum atomic E-state index is 6.17. The highest BCUT2D eigenvalue weighted by Crippen LogP contribution is 2.66. The zero-order valence-corrected chi connectivity index (χ0v) is 14.9. The van der Waals surface area contributed by atoms with Gasteiger partial charge < -0.3 is 0 Å². The fraction of sp³-hybridized carbons (Fsp3) is 1.00. The van der Waals surface area contributed by atoms with Crippen molar-refractivity contribution in [3.8, 4) is 0 Å². The van der Waals surface area contributed by atoms with Gasteiger partial charge in [-0.2, -0.15) is 0 Å². The second-order valence-corrected chi connectivity index (χ2v) is 9.10. The number of halogens is 6. The van der Waals surface area contributed by atoms with Gasteiger partial charge in [-0.1, -0.05) is 110 Å². The lowest BCUT2D eigenvalue weighted by Crippen LogP contribution is -2.55. The van der Waals surface area contributed by atoms with E-state index >= 15 is 0 Å². The molecule has 0 aliphatic carbocycles. The molecular formula is C11H18Cl6. The molecule has 6 heteroatoms. The molecule has 0 aromatic rings. The van der Waals surface area contributed by atoms with Crippen molar-refractivity contribution in [1.82, 2.24) is 0 Å². The molecule has 0 fully saturated rings. The van der Waals surface area contributed by atoms with Crippen LogP contribution in [0.4, 0.5) is 0 Å². The molecule has 0 amide bonds. The van der Waals surface area contributed by atoms with E-state index in [1.54, 1.807) is 0 Å². The third-order valence-electron chi connectivity index (χ3n) is 3.48. The van der Waals surface area contributed by atoms with Crippen molar-refractivity contribution in [2.45, 2.75) is 48.1 Å². The second kappa shape index (κ2) is 6.46. The van der Waals surface area contributed by atoms with E-state index in [1.165, 1.54) is 0 Å². The molecule has 0 nitrogen and oxygen atoms in total. The Morgan fingerprint density at radius 1 is 0.765 bits per heavy atom. The van der Waals surface area contributed by atoms with Gasteiger partial charge in [0.25, 0.3) is 0 Å². The van der Waals surface area contributed by atoms with Crippen molar-refractivity contribution in [2.24, 2.45) is 17.3 Å². The second-order valence-electron chi connectivity index (χ2n) is 4.53. The first-order valence-electron chi connectivity index (χ1n) is 5.60. The SMILES string of the molecule is CCC(CC)C(C(C)C)(C(Cl)(Cl)Cl)C(Cl)(Cl)Cl. The van der Waals surface area contributed by atoms with Gasteiger partial charge in [0.2, 0.25) is 7.59 Å². The highest BCUT2D eigenvalue weighted by atomic mass is 35.6. The minimum absolute atomic E-state index is 0.0162. The summed E-state index contributed by atoms with van der Waals surface area (Å²) in [5.41, 5.74) is -1.02. The van der Waals surface area contributed by atoms with Crippen molar-refractivity contribution in [3.63, 3.8) is 0 Å². The van der Waals surface area contributed by atoms with Crippen LogP contribution in [0.25, 0.3) is 0 Å². The molecule has 104 valence electrons. The largest absolute Gasteiger partial charge is 0.200 e. The van der Waals surface area contributed by atoms with Crippen LogP contribution in [0.5, 0.6) is 0 Å². The maximum Gasteiger partial charge on any atom is 0.200 e. The predicted octanol–water partition coefficient (Wildman–Crippen LogP) is 6.81. The van der Waals surface area contributed by atoms with Crippen molar-refractivity contribution < 1.29 is 0 Å². The highest BCUT2D eigenvalue weighted by molar-refractivity contribution is 6.73. The minimum atomic E-state index is -1.64. The van der Waals surface area contributed by atoms with Gasteiger partial charge in [0.1, 0.15) is 0 Å². The van der Waals surface area contributed by atoms with Gasteiger partial charge in [0, 0.05) is 0 Å². The van der Waals surface area contributed by atoms with Crippen LogP contribution in [0, 0.1) is 17.3 Å². The topological polar surface area (TPSA) is 0 Å². The molecule has 0 rings (SSSR count). The van der Waals surface area contributed by atoms with E-state index in [4.69, 9.17) is 69.6 Å². The van der Waals surface area contributed by atoms with E-state index in [0.717, 1.165) is 12.8 Å². The summed E-state index contributed by atoms with van der Waals surface area (Å²) in [4.78, 5) is 0. The summed E-state index contributed by atoms with van der Waals surface area (Å²) in [7, 11) is 0. The number of hydrogen-bond donors (Lipinski definition) is 0. The molecule has 0 aliphatic heterocycles. The normalized spacial score (nSPS) is 14.8. The first kappa shape index (κ1) is 18.7. The zero-order valence-electron chi connectivity index (χ0n) is 10.3. The molecule has 0 spiro atoms. The molecule has 0 atom stereocenters. The van der Waals surface area contributed by atoms with Crippen LogP contribution in [0.15, 0.2) is 0 Å². The molecule has 0 aliphatic rings. The van der Waals surface area contributed by atoms with Crippen LogP contribution in [-0.2, 0) is 0 Å². The van der Waals surface area contributed by atoms with Crippen molar-refractivity contribution in [2.75, 3.05) is 0 Å². The van der Waals surface area contributed by atoms with Crippen molar-refractivity contribution in [1.29, 1.82) is 0 Å². The van der Waals surface area contributed by atoms with Crippen LogP contribution in [0.2, 0.25) is 0 Å². The maximum absolute atomic E-state index is 6.17. The fourth-order valence-corrected chi connectivity index (χ4v) is 6.20. The van der Waals surface area contributed by atoms with E-state index in [-0.39, 0.29) is 11.8 Å². The average Bonchev–Trinajstić information content (AvgIpc) is 2.08. The van der Waals surface area contributed by atoms with Crippen LogP contribution in [-0.4, -0.2) is 7.59 Å². The van der Waals surface area contributed by atoms with E-state index in [1.807, 2.05) is 27.7 Å². The standard InChI is InChI=1S/C11H18Cl6/c1-5-8(6-2)9(7(3)4,10(12,13)14)11(15,16)17/h7-8H,5-6H2,1-4H3. The summed E-state index contributed by atoms with van der Waals surface area (Å²) in [6.07, 6.45) is 1.58. The van der Waals surface area contributed by atoms with Gasteiger partial charge in [-0.3, -0.25) is 0 Å². The summed E-state index contributed by atoms with van der Waals surface area (Å²) < 4.78 is -3.27. The Hall–Kier alpha value is 1.74. The molecule has 0 aromatic heterocycles. The molecule has 0 saturated carbocycles. The van der Waals surface area contributed by atoms with E-state index < -0.39 is 13.0 Å². The molecule has 0 radical (unpaired) electrons. The Morgan fingerprint density at radius 2 is 1.06 bits per heavy atom. The van der Waals surface area contributed by atoms with E-state index in [9.17, 15) is 0 Å². The summed E-state index contributed by atoms with van der Waals surface area (Å²) in [5, 5.41) is 0. The summed E-state index contributed by atoms with van der Waals surface area (Å²) in [5.74, 6) is -0.0603. The average molecular weight is 363 g/mol. The quantitative estimate of drug-likeness (QED) is 0.482. The van der Waals surface area contributed by atoms with Crippen LogP contribution < -0.4 is 0 Å². The molecule has 0 unspecified atom stereocenters. The molecule has 0 heterocycles. The predicted molar refractivity (Wildman–Crippen MR) is 81.9 cm³/mol. The molecule has 0 aromatic carbocycles. The lowest BCUT2D eigenvalue weighted by molar-refractivity contribution is 0.0895. The van der Waals surface area contributed by atoms with Gasteiger partial charge in [-0.05, 0) is 11.8 Å². The van der Waals surface area contributed by atoms with Crippen molar-refractivity contribution >= 4 is 69.6 Å². The van der Waals surface area contributed by atoms with Gasteiger partial charge >= 0.3 is 0 Å². The molecule has 0 bridgehead atoms. The molecule has 0 saturated heterocycles. The third kappa shape index (κ3) is 3.44. The monoisotopic (exact) mass is 360 g/mol. The Labute approximate surface area is 134 Å². The van der Waals surface area contributed by atoms with Crippen LogP contribution in [0.3, 0.4) is 0 Å². The lowest BCUT2D eigenvalue weighted by atomic mass is 9.67. The van der Waals surface area contributed by atoms with Gasteiger partial charge in [-0.25, -0.2) is 0 Å². The number of hydrogen-bond acceptors (Lipinski definition) is 0. The minimum Gasteiger partial charge on any atom is -0.0829 e. The summed E-state index contributed by atoms with van der Waals surface area (Å²) >= 11 is 37.0. The highest BCUT2D eigenvalue weighted by Gasteiger charge is 2.65. The Bertz CT molecular complexity index is 219. The van der Waals surface area contributed by atoms with Gasteiger partial charge in [-0.15, -0.1) is 0 Å². The van der Waals surface area contributed by atoms with Gasteiger partial charge in [0.15, 0.2) is 0 Å². The van der Waals surface area contributed by atoms with Crippen molar-refractivity contribution in [3.05, 3.63) is 0 Å². The third-order valence-corrected chi connectivity index (χ3v) is 5.35. The van der Waals surface area contributed by atoms with Gasteiger partial charge in [0.05, 0.1) is 5.41 Å². The number of alkyl halides is 6. The number of rotatable bonds is 4. The first-order valence-corrected chi connectivity index (χ1v) is 7.86. The molecular weight excluding hydrogens is 345 g/mol. The fourth-order valence-electron chi connectivity index (χ4n) is 2.68. The molecule has 0 N–H and O–H groups in total. The first-order chi connectivity index (χ1) is 7.46. The van der Waals surface area contributed by atoms with E-state index in [2.05, 4.69) is 0 Å². The van der Waals surface area contributed by atoms with Crippen LogP contribution >= 0.6 is 69.6 Å². The summed E-state index contributed by atoms with van der Waals surface area (Å²) in [6.45, 7) is 7.86. The molecule has 17 heavy (non-hydrogen) atoms.